The number of hydrogen-bond acceptors (Lipinski definition) is 3. The molecule has 2 rings (SSSR count). The van der Waals surface area contributed by atoms with Crippen molar-refractivity contribution in [2.24, 2.45) is 18.1 Å². The predicted octanol–water partition coefficient (Wildman–Crippen LogP) is 2.15. The van der Waals surface area contributed by atoms with Crippen molar-refractivity contribution in [3.05, 3.63) is 29.1 Å². The number of nitrogens with one attached hydrogen (secondary N) is 1. The largest absolute Gasteiger partial charge is 0.293 e. The second-order valence-electron chi connectivity index (χ2n) is 4.26. The van der Waals surface area contributed by atoms with E-state index in [1.54, 1.807) is 19.5 Å². The quantitative estimate of drug-likeness (QED) is 0.518. The Kier molecular flexibility index (Phi) is 4.15. The Morgan fingerprint density at radius 2 is 2.50 bits per heavy atom. The molecule has 0 saturated carbocycles. The molecule has 0 fully saturated rings. The Labute approximate surface area is 111 Å². The molecule has 96 valence electrons. The summed E-state index contributed by atoms with van der Waals surface area (Å²) in [7, 11) is 1.71. The normalized spacial score (nSPS) is 19.3. The van der Waals surface area contributed by atoms with E-state index >= 15 is 0 Å². The number of halogens is 1. The van der Waals surface area contributed by atoms with Crippen molar-refractivity contribution < 1.29 is 4.79 Å². The molecule has 1 atom stereocenters. The second-order valence-corrected chi connectivity index (χ2v) is 4.67. The van der Waals surface area contributed by atoms with Crippen LogP contribution in [0.15, 0.2) is 23.5 Å². The Morgan fingerprint density at radius 1 is 1.67 bits per heavy atom. The lowest BCUT2D eigenvalue weighted by Gasteiger charge is -2.11. The fourth-order valence-electron chi connectivity index (χ4n) is 1.82. The minimum Gasteiger partial charge on any atom is -0.273 e. The average Bonchev–Trinajstić information content (AvgIpc) is 2.70. The average molecular weight is 267 g/mol. The van der Waals surface area contributed by atoms with Crippen LogP contribution in [0.5, 0.6) is 0 Å². The van der Waals surface area contributed by atoms with Gasteiger partial charge in [-0.15, -0.1) is 0 Å². The number of aromatic nitrogens is 2. The minimum absolute atomic E-state index is 0.194. The van der Waals surface area contributed by atoms with Crippen LogP contribution in [0.3, 0.4) is 0 Å². The van der Waals surface area contributed by atoms with Crippen LogP contribution in [0.4, 0.5) is 0 Å². The highest BCUT2D eigenvalue weighted by Gasteiger charge is 2.14. The number of hydrogen-bond donors (Lipinski definition) is 1. The molecule has 6 heteroatoms. The van der Waals surface area contributed by atoms with Gasteiger partial charge in [-0.2, -0.15) is 10.2 Å². The maximum absolute atomic E-state index is 11.7. The summed E-state index contributed by atoms with van der Waals surface area (Å²) in [5.74, 6) is 0.0118. The highest BCUT2D eigenvalue weighted by molar-refractivity contribution is 6.33. The van der Waals surface area contributed by atoms with Gasteiger partial charge in [0.2, 0.25) is 0 Å². The number of amides is 1. The molecule has 0 saturated heterocycles. The second kappa shape index (κ2) is 5.82. The molecule has 18 heavy (non-hydrogen) atoms. The summed E-state index contributed by atoms with van der Waals surface area (Å²) < 4.78 is 1.49. The van der Waals surface area contributed by atoms with Crippen molar-refractivity contribution in [2.75, 3.05) is 0 Å². The molecular weight excluding hydrogens is 252 g/mol. The van der Waals surface area contributed by atoms with Gasteiger partial charge in [0.05, 0.1) is 5.02 Å². The SMILES string of the molecule is Cn1cc(Cl)c(C(=O)N/N=C\[C@H]2CC=CCC2)n1. The van der Waals surface area contributed by atoms with E-state index in [0.717, 1.165) is 19.3 Å². The van der Waals surface area contributed by atoms with Crippen molar-refractivity contribution in [1.82, 2.24) is 15.2 Å². The van der Waals surface area contributed by atoms with Crippen LogP contribution in [0.2, 0.25) is 5.02 Å². The third kappa shape index (κ3) is 3.20. The van der Waals surface area contributed by atoms with E-state index in [0.29, 0.717) is 10.9 Å². The molecule has 1 heterocycles. The maximum atomic E-state index is 11.7. The fourth-order valence-corrected chi connectivity index (χ4v) is 2.08. The van der Waals surface area contributed by atoms with Gasteiger partial charge >= 0.3 is 0 Å². The Hall–Kier alpha value is -1.62. The van der Waals surface area contributed by atoms with Gasteiger partial charge in [0.15, 0.2) is 5.69 Å². The Balaban J connectivity index is 1.90. The van der Waals surface area contributed by atoms with Gasteiger partial charge in [-0.25, -0.2) is 5.43 Å². The molecule has 1 aliphatic carbocycles. The summed E-state index contributed by atoms with van der Waals surface area (Å²) in [4.78, 5) is 11.7. The van der Waals surface area contributed by atoms with E-state index in [-0.39, 0.29) is 11.6 Å². The van der Waals surface area contributed by atoms with Crippen molar-refractivity contribution in [2.45, 2.75) is 19.3 Å². The van der Waals surface area contributed by atoms with E-state index in [4.69, 9.17) is 11.6 Å². The summed E-state index contributed by atoms with van der Waals surface area (Å²) in [5.41, 5.74) is 2.64. The van der Waals surface area contributed by atoms with Crippen LogP contribution in [-0.4, -0.2) is 21.9 Å². The van der Waals surface area contributed by atoms with E-state index in [1.165, 1.54) is 4.68 Å². The molecule has 1 aromatic heterocycles. The first kappa shape index (κ1) is 12.8. The molecule has 1 aromatic rings. The number of aryl methyl sites for hydroxylation is 1. The Morgan fingerprint density at radius 3 is 3.11 bits per heavy atom. The van der Waals surface area contributed by atoms with Gasteiger partial charge < -0.3 is 0 Å². The molecule has 0 radical (unpaired) electrons. The zero-order valence-electron chi connectivity index (χ0n) is 10.1. The zero-order valence-corrected chi connectivity index (χ0v) is 10.9. The van der Waals surface area contributed by atoms with Gasteiger partial charge in [0, 0.05) is 19.5 Å². The van der Waals surface area contributed by atoms with Crippen molar-refractivity contribution in [3.8, 4) is 0 Å². The summed E-state index contributed by atoms with van der Waals surface area (Å²) in [6.07, 6.45) is 10.8. The molecule has 0 unspecified atom stereocenters. The number of nitrogens with zero attached hydrogens (tertiary/aromatic N) is 3. The first-order chi connectivity index (χ1) is 8.66. The lowest BCUT2D eigenvalue weighted by Crippen LogP contribution is -2.20. The van der Waals surface area contributed by atoms with Crippen molar-refractivity contribution >= 4 is 23.7 Å². The standard InChI is InChI=1S/C12H15ClN4O/c1-17-8-10(13)11(16-17)12(18)15-14-7-9-5-3-2-4-6-9/h2-3,7-9H,4-6H2,1H3,(H,15,18)/b14-7-/t9-/m0/s1. The smallest absolute Gasteiger partial charge is 0.273 e. The molecule has 0 aromatic carbocycles. The summed E-state index contributed by atoms with van der Waals surface area (Å²) in [6, 6.07) is 0. The van der Waals surface area contributed by atoms with Crippen LogP contribution in [0, 0.1) is 5.92 Å². The molecule has 0 spiro atoms. The number of rotatable bonds is 3. The van der Waals surface area contributed by atoms with Gasteiger partial charge in [0.1, 0.15) is 0 Å². The lowest BCUT2D eigenvalue weighted by molar-refractivity contribution is 0.0949. The van der Waals surface area contributed by atoms with Crippen LogP contribution >= 0.6 is 11.6 Å². The van der Waals surface area contributed by atoms with Gasteiger partial charge in [-0.1, -0.05) is 23.8 Å². The van der Waals surface area contributed by atoms with Crippen LogP contribution in [0.1, 0.15) is 29.8 Å². The van der Waals surface area contributed by atoms with E-state index in [9.17, 15) is 4.79 Å². The summed E-state index contributed by atoms with van der Waals surface area (Å²) in [6.45, 7) is 0. The first-order valence-electron chi connectivity index (χ1n) is 5.84. The first-order valence-corrected chi connectivity index (χ1v) is 6.22. The van der Waals surface area contributed by atoms with Crippen LogP contribution in [-0.2, 0) is 7.05 Å². The third-order valence-electron chi connectivity index (χ3n) is 2.76. The van der Waals surface area contributed by atoms with Gasteiger partial charge in [-0.05, 0) is 25.2 Å². The third-order valence-corrected chi connectivity index (χ3v) is 3.04. The number of allylic oxidation sites excluding steroid dienone is 2. The fraction of sp³-hybridized carbons (Fsp3) is 0.417. The van der Waals surface area contributed by atoms with Gasteiger partial charge in [0.25, 0.3) is 5.91 Å². The topological polar surface area (TPSA) is 59.3 Å². The highest BCUT2D eigenvalue weighted by atomic mass is 35.5. The molecule has 0 bridgehead atoms. The van der Waals surface area contributed by atoms with E-state index in [1.807, 2.05) is 0 Å². The lowest BCUT2D eigenvalue weighted by atomic mass is 9.96. The molecule has 1 aliphatic rings. The molecule has 1 amide bonds. The number of carbonyl (C=O) groups excluding carboxylic acids is 1. The van der Waals surface area contributed by atoms with Crippen molar-refractivity contribution in [1.29, 1.82) is 0 Å². The zero-order chi connectivity index (χ0) is 13.0. The highest BCUT2D eigenvalue weighted by Crippen LogP contribution is 2.16. The number of hydrazone groups is 1. The summed E-state index contributed by atoms with van der Waals surface area (Å²) >= 11 is 5.86. The maximum Gasteiger partial charge on any atom is 0.293 e. The molecular formula is C12H15ClN4O. The van der Waals surface area contributed by atoms with E-state index < -0.39 is 0 Å². The summed E-state index contributed by atoms with van der Waals surface area (Å²) in [5, 5.41) is 8.24. The van der Waals surface area contributed by atoms with Crippen LogP contribution in [0.25, 0.3) is 0 Å². The Bertz CT molecular complexity index is 492. The van der Waals surface area contributed by atoms with Crippen LogP contribution < -0.4 is 5.43 Å². The minimum atomic E-state index is -0.386. The molecule has 1 N–H and O–H groups in total. The molecule has 0 aliphatic heterocycles. The van der Waals surface area contributed by atoms with Crippen molar-refractivity contribution in [3.63, 3.8) is 0 Å². The van der Waals surface area contributed by atoms with E-state index in [2.05, 4.69) is 27.8 Å². The van der Waals surface area contributed by atoms with Gasteiger partial charge in [-0.3, -0.25) is 9.48 Å². The monoisotopic (exact) mass is 266 g/mol. The molecule has 5 nitrogen and oxygen atoms in total. The number of carbonyl (C=O) groups is 1. The predicted molar refractivity (Wildman–Crippen MR) is 70.7 cm³/mol.